The number of nitrogens with zero attached hydrogens (tertiary/aromatic N) is 1. The van der Waals surface area contributed by atoms with E-state index < -0.39 is 0 Å². The highest BCUT2D eigenvalue weighted by molar-refractivity contribution is 7.99. The molecule has 0 aliphatic carbocycles. The molecule has 2 heterocycles. The lowest BCUT2D eigenvalue weighted by Crippen LogP contribution is -2.41. The van der Waals surface area contributed by atoms with E-state index in [9.17, 15) is 4.79 Å². The van der Waals surface area contributed by atoms with E-state index in [1.807, 2.05) is 42.1 Å². The highest BCUT2D eigenvalue weighted by Crippen LogP contribution is 2.24. The molecule has 0 bridgehead atoms. The fourth-order valence-corrected chi connectivity index (χ4v) is 3.97. The van der Waals surface area contributed by atoms with Gasteiger partial charge in [-0.3, -0.25) is 9.69 Å². The Morgan fingerprint density at radius 1 is 1.32 bits per heavy atom. The van der Waals surface area contributed by atoms with E-state index in [4.69, 9.17) is 16.0 Å². The van der Waals surface area contributed by atoms with E-state index in [1.165, 1.54) is 6.08 Å². The molecule has 1 aliphatic heterocycles. The van der Waals surface area contributed by atoms with E-state index in [0.29, 0.717) is 11.6 Å². The van der Waals surface area contributed by atoms with Crippen molar-refractivity contribution in [3.63, 3.8) is 0 Å². The third-order valence-electron chi connectivity index (χ3n) is 4.20. The van der Waals surface area contributed by atoms with Crippen LogP contribution in [0.15, 0.2) is 53.4 Å². The Labute approximate surface area is 157 Å². The molecular formula is C19H21ClN2O2S. The Balaban J connectivity index is 1.60. The Bertz CT molecular complexity index is 712. The molecule has 1 saturated heterocycles. The molecule has 1 unspecified atom stereocenters. The summed E-state index contributed by atoms with van der Waals surface area (Å²) in [4.78, 5) is 14.6. The quantitative estimate of drug-likeness (QED) is 0.778. The van der Waals surface area contributed by atoms with Crippen LogP contribution >= 0.6 is 23.4 Å². The monoisotopic (exact) mass is 376 g/mol. The summed E-state index contributed by atoms with van der Waals surface area (Å²) in [5.74, 6) is 2.11. The molecule has 1 atom stereocenters. The third kappa shape index (κ3) is 5.14. The molecule has 0 saturated carbocycles. The van der Waals surface area contributed by atoms with Crippen LogP contribution in [0.2, 0.25) is 5.02 Å². The van der Waals surface area contributed by atoms with Crippen molar-refractivity contribution in [2.75, 3.05) is 31.1 Å². The minimum absolute atomic E-state index is 0.125. The van der Waals surface area contributed by atoms with Gasteiger partial charge in [0.15, 0.2) is 0 Å². The van der Waals surface area contributed by atoms with Gasteiger partial charge in [0.05, 0.1) is 18.6 Å². The lowest BCUT2D eigenvalue weighted by atomic mass is 10.1. The topological polar surface area (TPSA) is 45.5 Å². The highest BCUT2D eigenvalue weighted by atomic mass is 35.5. The van der Waals surface area contributed by atoms with E-state index >= 15 is 0 Å². The highest BCUT2D eigenvalue weighted by Gasteiger charge is 2.23. The number of halogens is 1. The normalized spacial score (nSPS) is 16.8. The Hall–Kier alpha value is -1.69. The minimum Gasteiger partial charge on any atom is -0.472 e. The number of benzene rings is 1. The van der Waals surface area contributed by atoms with Crippen LogP contribution in [0, 0.1) is 0 Å². The fraction of sp³-hybridized carbons (Fsp3) is 0.316. The van der Waals surface area contributed by atoms with Crippen molar-refractivity contribution in [1.82, 2.24) is 10.2 Å². The second-order valence-corrected chi connectivity index (χ2v) is 7.45. The van der Waals surface area contributed by atoms with Crippen LogP contribution in [0.4, 0.5) is 0 Å². The van der Waals surface area contributed by atoms with Crippen LogP contribution in [-0.2, 0) is 4.79 Å². The summed E-state index contributed by atoms with van der Waals surface area (Å²) in [5.41, 5.74) is 1.93. The average molecular weight is 377 g/mol. The zero-order valence-electron chi connectivity index (χ0n) is 13.9. The summed E-state index contributed by atoms with van der Waals surface area (Å²) in [7, 11) is 0. The lowest BCUT2D eigenvalue weighted by Gasteiger charge is -2.33. The number of thioether (sulfide) groups is 1. The number of carbonyl (C=O) groups is 1. The minimum atomic E-state index is -0.125. The third-order valence-corrected chi connectivity index (χ3v) is 5.49. The van der Waals surface area contributed by atoms with Gasteiger partial charge in [0.2, 0.25) is 5.91 Å². The van der Waals surface area contributed by atoms with Gasteiger partial charge in [-0.25, -0.2) is 0 Å². The first kappa shape index (κ1) is 18.1. The van der Waals surface area contributed by atoms with E-state index in [2.05, 4.69) is 10.2 Å². The van der Waals surface area contributed by atoms with Crippen molar-refractivity contribution >= 4 is 35.3 Å². The molecule has 3 rings (SSSR count). The first-order chi connectivity index (χ1) is 12.2. The second-order valence-electron chi connectivity index (χ2n) is 5.82. The first-order valence-electron chi connectivity index (χ1n) is 8.28. The molecule has 25 heavy (non-hydrogen) atoms. The van der Waals surface area contributed by atoms with Crippen molar-refractivity contribution in [3.8, 4) is 0 Å². The second kappa shape index (κ2) is 9.13. The van der Waals surface area contributed by atoms with Crippen LogP contribution in [0.1, 0.15) is 17.2 Å². The van der Waals surface area contributed by atoms with Crippen LogP contribution in [0.5, 0.6) is 0 Å². The predicted octanol–water partition coefficient (Wildman–Crippen LogP) is 3.85. The Morgan fingerprint density at radius 3 is 2.84 bits per heavy atom. The molecule has 2 aromatic rings. The number of furan rings is 1. The summed E-state index contributed by atoms with van der Waals surface area (Å²) in [6.07, 6.45) is 6.71. The molecule has 0 radical (unpaired) electrons. The van der Waals surface area contributed by atoms with Gasteiger partial charge in [0, 0.05) is 47.8 Å². The molecule has 4 nitrogen and oxygen atoms in total. The summed E-state index contributed by atoms with van der Waals surface area (Å²) in [6, 6.07) is 9.56. The molecule has 132 valence electrons. The number of amides is 1. The molecule has 1 aromatic carbocycles. The van der Waals surface area contributed by atoms with Crippen LogP contribution < -0.4 is 5.32 Å². The molecule has 1 aliphatic rings. The SMILES string of the molecule is O=C(/C=C/c1ccccc1Cl)NCC(c1ccoc1)N1CCSCC1. The van der Waals surface area contributed by atoms with Gasteiger partial charge in [-0.2, -0.15) is 11.8 Å². The van der Waals surface area contributed by atoms with E-state index in [1.54, 1.807) is 18.6 Å². The molecule has 1 fully saturated rings. The van der Waals surface area contributed by atoms with Crippen molar-refractivity contribution in [3.05, 3.63) is 65.1 Å². The van der Waals surface area contributed by atoms with Crippen LogP contribution in [0.3, 0.4) is 0 Å². The number of rotatable bonds is 6. The standard InChI is InChI=1S/C19H21ClN2O2S/c20-17-4-2-1-3-15(17)5-6-19(23)21-13-18(16-7-10-24-14-16)22-8-11-25-12-9-22/h1-7,10,14,18H,8-9,11-13H2,(H,21,23)/b6-5+. The van der Waals surface area contributed by atoms with Gasteiger partial charge in [-0.1, -0.05) is 29.8 Å². The smallest absolute Gasteiger partial charge is 0.244 e. The Kier molecular flexibility index (Phi) is 6.62. The van der Waals surface area contributed by atoms with Gasteiger partial charge >= 0.3 is 0 Å². The molecule has 1 amide bonds. The summed E-state index contributed by atoms with van der Waals surface area (Å²) < 4.78 is 5.24. The van der Waals surface area contributed by atoms with E-state index in [-0.39, 0.29) is 11.9 Å². The predicted molar refractivity (Wildman–Crippen MR) is 104 cm³/mol. The lowest BCUT2D eigenvalue weighted by molar-refractivity contribution is -0.116. The zero-order valence-corrected chi connectivity index (χ0v) is 15.4. The first-order valence-corrected chi connectivity index (χ1v) is 9.81. The largest absolute Gasteiger partial charge is 0.472 e. The molecule has 0 spiro atoms. The molecule has 1 N–H and O–H groups in total. The number of hydrogen-bond acceptors (Lipinski definition) is 4. The van der Waals surface area contributed by atoms with Crippen molar-refractivity contribution in [2.24, 2.45) is 0 Å². The van der Waals surface area contributed by atoms with Gasteiger partial charge in [-0.15, -0.1) is 0 Å². The number of nitrogens with one attached hydrogen (secondary N) is 1. The van der Waals surface area contributed by atoms with Crippen molar-refractivity contribution in [2.45, 2.75) is 6.04 Å². The maximum Gasteiger partial charge on any atom is 0.244 e. The number of hydrogen-bond donors (Lipinski definition) is 1. The van der Waals surface area contributed by atoms with Crippen molar-refractivity contribution < 1.29 is 9.21 Å². The maximum atomic E-state index is 12.2. The van der Waals surface area contributed by atoms with Crippen LogP contribution in [0.25, 0.3) is 6.08 Å². The fourth-order valence-electron chi connectivity index (χ4n) is 2.84. The zero-order chi connectivity index (χ0) is 17.5. The van der Waals surface area contributed by atoms with E-state index in [0.717, 1.165) is 35.7 Å². The maximum absolute atomic E-state index is 12.2. The summed E-state index contributed by atoms with van der Waals surface area (Å²) in [5, 5.41) is 3.63. The molecule has 6 heteroatoms. The molecule has 1 aromatic heterocycles. The Morgan fingerprint density at radius 2 is 2.12 bits per heavy atom. The van der Waals surface area contributed by atoms with Gasteiger partial charge in [0.1, 0.15) is 0 Å². The molecular weight excluding hydrogens is 356 g/mol. The van der Waals surface area contributed by atoms with Gasteiger partial charge < -0.3 is 9.73 Å². The van der Waals surface area contributed by atoms with Gasteiger partial charge in [-0.05, 0) is 23.8 Å². The average Bonchev–Trinajstić information content (AvgIpc) is 3.16. The van der Waals surface area contributed by atoms with Crippen LogP contribution in [-0.4, -0.2) is 41.9 Å². The van der Waals surface area contributed by atoms with Crippen molar-refractivity contribution in [1.29, 1.82) is 0 Å². The summed E-state index contributed by atoms with van der Waals surface area (Å²) in [6.45, 7) is 2.59. The summed E-state index contributed by atoms with van der Waals surface area (Å²) >= 11 is 8.07. The van der Waals surface area contributed by atoms with Gasteiger partial charge in [0.25, 0.3) is 0 Å². The number of carbonyl (C=O) groups excluding carboxylic acids is 1.